The molecular formula is C10H14N4O2S. The summed E-state index contributed by atoms with van der Waals surface area (Å²) < 4.78 is 0. The molecule has 2 heterocycles. The number of carbonyl (C=O) groups excluding carboxylic acids is 2. The summed E-state index contributed by atoms with van der Waals surface area (Å²) in [6, 6.07) is -0.445. The Labute approximate surface area is 103 Å². The van der Waals surface area contributed by atoms with Crippen molar-refractivity contribution in [3.63, 3.8) is 0 Å². The van der Waals surface area contributed by atoms with Gasteiger partial charge in [-0.2, -0.15) is 0 Å². The molecule has 0 saturated carbocycles. The molecule has 3 N–H and O–H groups in total. The first-order valence-electron chi connectivity index (χ1n) is 5.32. The Morgan fingerprint density at radius 3 is 2.94 bits per heavy atom. The third kappa shape index (κ3) is 2.10. The number of thiazole rings is 1. The number of piperazine rings is 1. The van der Waals surface area contributed by atoms with Crippen LogP contribution < -0.4 is 11.1 Å². The van der Waals surface area contributed by atoms with Crippen LogP contribution in [0.4, 0.5) is 5.13 Å². The lowest BCUT2D eigenvalue weighted by atomic mass is 10.2. The number of nitrogens with one attached hydrogen (secondary N) is 1. The predicted molar refractivity (Wildman–Crippen MR) is 64.8 cm³/mol. The minimum absolute atomic E-state index is 0.125. The molecule has 0 spiro atoms. The number of rotatable bonds is 1. The highest BCUT2D eigenvalue weighted by atomic mass is 32.1. The maximum absolute atomic E-state index is 12.3. The van der Waals surface area contributed by atoms with Gasteiger partial charge in [-0.05, 0) is 13.8 Å². The highest BCUT2D eigenvalue weighted by Gasteiger charge is 2.31. The summed E-state index contributed by atoms with van der Waals surface area (Å²) in [5.74, 6) is -0.293. The molecule has 0 radical (unpaired) electrons. The van der Waals surface area contributed by atoms with E-state index in [2.05, 4.69) is 10.3 Å². The number of amides is 2. The number of hydrogen-bond acceptors (Lipinski definition) is 5. The Morgan fingerprint density at radius 2 is 2.35 bits per heavy atom. The fourth-order valence-corrected chi connectivity index (χ4v) is 2.60. The lowest BCUT2D eigenvalue weighted by Crippen LogP contribution is -2.55. The van der Waals surface area contributed by atoms with E-state index in [1.807, 2.05) is 0 Å². The topological polar surface area (TPSA) is 88.3 Å². The summed E-state index contributed by atoms with van der Waals surface area (Å²) in [7, 11) is 0. The quantitative estimate of drug-likeness (QED) is 0.738. The van der Waals surface area contributed by atoms with Crippen molar-refractivity contribution in [2.45, 2.75) is 19.9 Å². The van der Waals surface area contributed by atoms with Gasteiger partial charge in [0.2, 0.25) is 5.91 Å². The second-order valence-corrected chi connectivity index (χ2v) is 4.96. The second-order valence-electron chi connectivity index (χ2n) is 3.93. The molecule has 92 valence electrons. The summed E-state index contributed by atoms with van der Waals surface area (Å²) in [5, 5.41) is 3.09. The zero-order valence-electron chi connectivity index (χ0n) is 9.69. The number of nitrogens with zero attached hydrogens (tertiary/aromatic N) is 2. The van der Waals surface area contributed by atoms with Crippen LogP contribution in [0.25, 0.3) is 0 Å². The van der Waals surface area contributed by atoms with Crippen LogP contribution in [0.2, 0.25) is 0 Å². The fourth-order valence-electron chi connectivity index (χ4n) is 1.81. The molecule has 17 heavy (non-hydrogen) atoms. The van der Waals surface area contributed by atoms with Crippen molar-refractivity contribution >= 4 is 28.3 Å². The highest BCUT2D eigenvalue weighted by molar-refractivity contribution is 7.17. The molecule has 1 fully saturated rings. The summed E-state index contributed by atoms with van der Waals surface area (Å²) in [4.78, 5) is 29.8. The molecule has 2 rings (SSSR count). The van der Waals surface area contributed by atoms with Crippen molar-refractivity contribution in [1.82, 2.24) is 15.2 Å². The molecule has 1 atom stereocenters. The van der Waals surface area contributed by atoms with Gasteiger partial charge in [0.15, 0.2) is 5.13 Å². The Hall–Kier alpha value is -1.63. The predicted octanol–water partition coefficient (Wildman–Crippen LogP) is -0.00578. The highest BCUT2D eigenvalue weighted by Crippen LogP contribution is 2.22. The number of anilines is 1. The van der Waals surface area contributed by atoms with E-state index in [0.717, 1.165) is 11.3 Å². The van der Waals surface area contributed by atoms with Crippen LogP contribution in [0.15, 0.2) is 0 Å². The molecule has 0 aromatic carbocycles. The van der Waals surface area contributed by atoms with Gasteiger partial charge in [0.25, 0.3) is 5.91 Å². The first-order chi connectivity index (χ1) is 8.00. The minimum Gasteiger partial charge on any atom is -0.375 e. The van der Waals surface area contributed by atoms with Crippen molar-refractivity contribution in [3.8, 4) is 0 Å². The van der Waals surface area contributed by atoms with E-state index >= 15 is 0 Å². The van der Waals surface area contributed by atoms with E-state index in [1.54, 1.807) is 18.7 Å². The second kappa shape index (κ2) is 4.33. The molecule has 7 heteroatoms. The summed E-state index contributed by atoms with van der Waals surface area (Å²) in [6.45, 7) is 4.46. The zero-order valence-corrected chi connectivity index (χ0v) is 10.5. The smallest absolute Gasteiger partial charge is 0.266 e. The molecule has 0 bridgehead atoms. The normalized spacial score (nSPS) is 20.2. The Morgan fingerprint density at radius 1 is 1.65 bits per heavy atom. The van der Waals surface area contributed by atoms with E-state index in [4.69, 9.17) is 5.73 Å². The lowest BCUT2D eigenvalue weighted by Gasteiger charge is -2.32. The van der Waals surface area contributed by atoms with Gasteiger partial charge >= 0.3 is 0 Å². The fraction of sp³-hybridized carbons (Fsp3) is 0.500. The van der Waals surface area contributed by atoms with Crippen LogP contribution >= 0.6 is 11.3 Å². The van der Waals surface area contributed by atoms with Gasteiger partial charge in [0.1, 0.15) is 10.9 Å². The van der Waals surface area contributed by atoms with Crippen molar-refractivity contribution in [1.29, 1.82) is 0 Å². The van der Waals surface area contributed by atoms with Crippen LogP contribution in [0, 0.1) is 6.92 Å². The molecule has 1 aliphatic rings. The maximum atomic E-state index is 12.3. The molecule has 1 aromatic rings. The lowest BCUT2D eigenvalue weighted by molar-refractivity contribution is -0.127. The largest absolute Gasteiger partial charge is 0.375 e. The first kappa shape index (κ1) is 11.8. The van der Waals surface area contributed by atoms with Crippen LogP contribution in [0.1, 0.15) is 22.3 Å². The van der Waals surface area contributed by atoms with Crippen molar-refractivity contribution in [2.24, 2.45) is 0 Å². The molecular weight excluding hydrogens is 240 g/mol. The average molecular weight is 254 g/mol. The Bertz CT molecular complexity index is 471. The standard InChI is InChI=1S/C10H14N4O2S/c1-5-7(17-10(11)13-5)9(16)14-4-3-12-8(15)6(14)2/h6H,3-4H2,1-2H3,(H2,11,13)(H,12,15). The minimum atomic E-state index is -0.445. The molecule has 1 aliphatic heterocycles. The van der Waals surface area contributed by atoms with Gasteiger partial charge in [-0.3, -0.25) is 9.59 Å². The number of aromatic nitrogens is 1. The van der Waals surface area contributed by atoms with Gasteiger partial charge in [-0.25, -0.2) is 4.98 Å². The van der Waals surface area contributed by atoms with Crippen LogP contribution in [-0.4, -0.2) is 40.8 Å². The van der Waals surface area contributed by atoms with Crippen LogP contribution in [0.3, 0.4) is 0 Å². The summed E-state index contributed by atoms with van der Waals surface area (Å²) in [5.41, 5.74) is 6.19. The number of nitrogen functional groups attached to an aromatic ring is 1. The Kier molecular flexibility index (Phi) is 3.01. The van der Waals surface area contributed by atoms with Gasteiger partial charge in [-0.15, -0.1) is 0 Å². The Balaban J connectivity index is 2.25. The number of carbonyl (C=O) groups is 2. The number of nitrogens with two attached hydrogens (primary N) is 1. The van der Waals surface area contributed by atoms with Gasteiger partial charge < -0.3 is 16.0 Å². The van der Waals surface area contributed by atoms with Crippen molar-refractivity contribution in [2.75, 3.05) is 18.8 Å². The molecule has 1 unspecified atom stereocenters. The summed E-state index contributed by atoms with van der Waals surface area (Å²) >= 11 is 1.16. The third-order valence-corrected chi connectivity index (χ3v) is 3.74. The zero-order chi connectivity index (χ0) is 12.6. The molecule has 6 nitrogen and oxygen atoms in total. The van der Waals surface area contributed by atoms with E-state index in [0.29, 0.717) is 28.8 Å². The monoisotopic (exact) mass is 254 g/mol. The first-order valence-corrected chi connectivity index (χ1v) is 6.14. The number of aryl methyl sites for hydroxylation is 1. The number of hydrogen-bond donors (Lipinski definition) is 2. The maximum Gasteiger partial charge on any atom is 0.266 e. The van der Waals surface area contributed by atoms with Crippen LogP contribution in [0.5, 0.6) is 0 Å². The average Bonchev–Trinajstić information content (AvgIpc) is 2.61. The third-order valence-electron chi connectivity index (χ3n) is 2.77. The van der Waals surface area contributed by atoms with Crippen molar-refractivity contribution in [3.05, 3.63) is 10.6 Å². The van der Waals surface area contributed by atoms with Gasteiger partial charge in [0.05, 0.1) is 5.69 Å². The van der Waals surface area contributed by atoms with Gasteiger partial charge in [0, 0.05) is 13.1 Å². The van der Waals surface area contributed by atoms with Gasteiger partial charge in [-0.1, -0.05) is 11.3 Å². The molecule has 2 amide bonds. The van der Waals surface area contributed by atoms with E-state index in [9.17, 15) is 9.59 Å². The summed E-state index contributed by atoms with van der Waals surface area (Å²) in [6.07, 6.45) is 0. The SMILES string of the molecule is Cc1nc(N)sc1C(=O)N1CCNC(=O)C1C. The van der Waals surface area contributed by atoms with Crippen molar-refractivity contribution < 1.29 is 9.59 Å². The molecule has 1 aromatic heterocycles. The molecule has 1 saturated heterocycles. The van der Waals surface area contributed by atoms with E-state index in [-0.39, 0.29) is 11.8 Å². The van der Waals surface area contributed by atoms with E-state index < -0.39 is 6.04 Å². The van der Waals surface area contributed by atoms with E-state index in [1.165, 1.54) is 0 Å². The molecule has 0 aliphatic carbocycles. The van der Waals surface area contributed by atoms with Crippen LogP contribution in [-0.2, 0) is 4.79 Å².